The maximum atomic E-state index is 12.8. The first-order chi connectivity index (χ1) is 15.2. The summed E-state index contributed by atoms with van der Waals surface area (Å²) in [5.74, 6) is -0.568. The van der Waals surface area contributed by atoms with Gasteiger partial charge in [0, 0.05) is 18.6 Å². The van der Waals surface area contributed by atoms with Gasteiger partial charge in [0.15, 0.2) is 12.4 Å². The van der Waals surface area contributed by atoms with Gasteiger partial charge in [0.1, 0.15) is 12.4 Å². The molecule has 2 aromatic rings. The van der Waals surface area contributed by atoms with Crippen molar-refractivity contribution in [3.63, 3.8) is 0 Å². The second kappa shape index (κ2) is 15.1. The zero-order valence-electron chi connectivity index (χ0n) is 18.1. The lowest BCUT2D eigenvalue weighted by molar-refractivity contribution is -0.697. The number of nitrogens with zero attached hydrogens (tertiary/aromatic N) is 2. The molecule has 0 atom stereocenters. The molecule has 1 aromatic heterocycles. The molecule has 0 bridgehead atoms. The van der Waals surface area contributed by atoms with Crippen molar-refractivity contribution < 1.29 is 31.0 Å². The molecule has 32 heavy (non-hydrogen) atoms. The zero-order chi connectivity index (χ0) is 23.8. The van der Waals surface area contributed by atoms with Crippen molar-refractivity contribution in [2.45, 2.75) is 58.4 Å². The van der Waals surface area contributed by atoms with Crippen LogP contribution in [-0.4, -0.2) is 19.4 Å². The molecular formula is C22H29BF5N3O. The van der Waals surface area contributed by atoms with Crippen molar-refractivity contribution in [3.05, 3.63) is 65.7 Å². The van der Waals surface area contributed by atoms with E-state index in [1.807, 2.05) is 12.4 Å². The largest absolute Gasteiger partial charge is 0.673 e. The van der Waals surface area contributed by atoms with Gasteiger partial charge in [-0.05, 0) is 24.1 Å². The SMILES string of the molecule is CCCCCCCCC[n+]1ccc(C(=O)NN=Cc2ccc(F)cc2)cc1.F[B-](F)(F)F. The lowest BCUT2D eigenvalue weighted by atomic mass is 10.1. The number of halogens is 5. The fraction of sp³-hybridized carbons (Fsp3) is 0.409. The molecule has 4 nitrogen and oxygen atoms in total. The van der Waals surface area contributed by atoms with Gasteiger partial charge in [-0.15, -0.1) is 0 Å². The number of hydrogen-bond acceptors (Lipinski definition) is 2. The normalized spacial score (nSPS) is 11.2. The Labute approximate surface area is 185 Å². The minimum Gasteiger partial charge on any atom is -0.418 e. The van der Waals surface area contributed by atoms with Crippen molar-refractivity contribution in [1.82, 2.24) is 5.43 Å². The van der Waals surface area contributed by atoms with Crippen LogP contribution in [0.5, 0.6) is 0 Å². The van der Waals surface area contributed by atoms with E-state index in [0.29, 0.717) is 5.56 Å². The summed E-state index contributed by atoms with van der Waals surface area (Å²) in [6.45, 7) is 3.21. The number of carbonyl (C=O) groups excluding carboxylic acids is 1. The molecule has 1 heterocycles. The third kappa shape index (κ3) is 14.3. The van der Waals surface area contributed by atoms with Gasteiger partial charge in [-0.25, -0.2) is 14.4 Å². The molecule has 0 aliphatic heterocycles. The van der Waals surface area contributed by atoms with Crippen LogP contribution in [0.15, 0.2) is 53.9 Å². The summed E-state index contributed by atoms with van der Waals surface area (Å²) in [7, 11) is -6.00. The number of pyridine rings is 1. The molecule has 0 saturated carbocycles. The van der Waals surface area contributed by atoms with Crippen LogP contribution < -0.4 is 9.99 Å². The first-order valence-corrected chi connectivity index (χ1v) is 10.6. The summed E-state index contributed by atoms with van der Waals surface area (Å²) in [6, 6.07) is 9.49. The number of hydrogen-bond donors (Lipinski definition) is 1. The number of unbranched alkanes of at least 4 members (excludes halogenated alkanes) is 6. The number of hydrazone groups is 1. The molecule has 176 valence electrons. The van der Waals surface area contributed by atoms with Gasteiger partial charge in [-0.2, -0.15) is 5.10 Å². The van der Waals surface area contributed by atoms with Gasteiger partial charge in [0.2, 0.25) is 0 Å². The maximum absolute atomic E-state index is 12.8. The van der Waals surface area contributed by atoms with E-state index in [4.69, 9.17) is 0 Å². The number of benzene rings is 1. The van der Waals surface area contributed by atoms with Gasteiger partial charge in [-0.1, -0.05) is 51.2 Å². The van der Waals surface area contributed by atoms with E-state index in [1.54, 1.807) is 24.3 Å². The van der Waals surface area contributed by atoms with Crippen LogP contribution in [0.3, 0.4) is 0 Å². The minimum absolute atomic E-state index is 0.267. The number of rotatable bonds is 11. The van der Waals surface area contributed by atoms with E-state index in [0.717, 1.165) is 18.5 Å². The van der Waals surface area contributed by atoms with E-state index in [-0.39, 0.29) is 11.7 Å². The van der Waals surface area contributed by atoms with Crippen LogP contribution in [0.25, 0.3) is 0 Å². The summed E-state index contributed by atoms with van der Waals surface area (Å²) in [5.41, 5.74) is 3.76. The molecule has 0 aliphatic rings. The van der Waals surface area contributed by atoms with E-state index < -0.39 is 7.25 Å². The first-order valence-electron chi connectivity index (χ1n) is 10.6. The standard InChI is InChI=1S/C22H28FN3O.BF4/c1-2-3-4-5-6-7-8-15-26-16-13-20(14-17-26)22(27)25-24-18-19-9-11-21(23)12-10-19;2-1(3,4)5/h9-14,16-18H,2-8,15H2,1H3;/q;-1/p+1. The summed E-state index contributed by atoms with van der Waals surface area (Å²) < 4.78 is 53.9. The highest BCUT2D eigenvalue weighted by atomic mass is 19.5. The predicted molar refractivity (Wildman–Crippen MR) is 116 cm³/mol. The highest BCUT2D eigenvalue weighted by Crippen LogP contribution is 2.07. The summed E-state index contributed by atoms with van der Waals surface area (Å²) >= 11 is 0. The second-order valence-corrected chi connectivity index (χ2v) is 7.19. The molecule has 10 heteroatoms. The second-order valence-electron chi connectivity index (χ2n) is 7.19. The average Bonchev–Trinajstić information content (AvgIpc) is 2.74. The third-order valence-electron chi connectivity index (χ3n) is 4.42. The van der Waals surface area contributed by atoms with E-state index in [9.17, 15) is 26.4 Å². The molecule has 0 spiro atoms. The fourth-order valence-electron chi connectivity index (χ4n) is 2.79. The monoisotopic (exact) mass is 457 g/mol. The summed E-state index contributed by atoms with van der Waals surface area (Å²) in [6.07, 6.45) is 14.3. The Morgan fingerprint density at radius 1 is 0.938 bits per heavy atom. The molecule has 1 aromatic carbocycles. The quantitative estimate of drug-likeness (QED) is 0.112. The van der Waals surface area contributed by atoms with Crippen molar-refractivity contribution >= 4 is 19.4 Å². The Morgan fingerprint density at radius 3 is 2.03 bits per heavy atom. The van der Waals surface area contributed by atoms with Crippen LogP contribution >= 0.6 is 0 Å². The molecule has 1 amide bonds. The van der Waals surface area contributed by atoms with Gasteiger partial charge < -0.3 is 17.3 Å². The Kier molecular flexibility index (Phi) is 12.9. The highest BCUT2D eigenvalue weighted by Gasteiger charge is 2.20. The molecule has 0 radical (unpaired) electrons. The minimum atomic E-state index is -6.00. The Hall–Kier alpha value is -2.78. The number of aryl methyl sites for hydroxylation is 1. The smallest absolute Gasteiger partial charge is 0.418 e. The molecule has 0 aliphatic carbocycles. The third-order valence-corrected chi connectivity index (χ3v) is 4.42. The topological polar surface area (TPSA) is 45.3 Å². The van der Waals surface area contributed by atoms with E-state index in [1.165, 1.54) is 56.9 Å². The Bertz CT molecular complexity index is 806. The lowest BCUT2D eigenvalue weighted by Gasteiger charge is -2.01. The molecule has 1 N–H and O–H groups in total. The molecule has 2 rings (SSSR count). The van der Waals surface area contributed by atoms with E-state index >= 15 is 0 Å². The number of carbonyl (C=O) groups is 1. The zero-order valence-corrected chi connectivity index (χ0v) is 18.1. The van der Waals surface area contributed by atoms with Gasteiger partial charge in [0.25, 0.3) is 5.91 Å². The van der Waals surface area contributed by atoms with Crippen molar-refractivity contribution in [3.8, 4) is 0 Å². The van der Waals surface area contributed by atoms with Crippen LogP contribution in [0, 0.1) is 5.82 Å². The number of aromatic nitrogens is 1. The van der Waals surface area contributed by atoms with Gasteiger partial charge in [0.05, 0.1) is 11.8 Å². The summed E-state index contributed by atoms with van der Waals surface area (Å²) in [5, 5.41) is 3.91. The van der Waals surface area contributed by atoms with Crippen molar-refractivity contribution in [1.29, 1.82) is 0 Å². The lowest BCUT2D eigenvalue weighted by Crippen LogP contribution is -2.33. The summed E-state index contributed by atoms with van der Waals surface area (Å²) in [4.78, 5) is 12.1. The molecular weight excluding hydrogens is 428 g/mol. The highest BCUT2D eigenvalue weighted by molar-refractivity contribution is 6.50. The Morgan fingerprint density at radius 2 is 1.47 bits per heavy atom. The van der Waals surface area contributed by atoms with Crippen molar-refractivity contribution in [2.75, 3.05) is 0 Å². The molecule has 0 fully saturated rings. The van der Waals surface area contributed by atoms with Crippen LogP contribution in [0.1, 0.15) is 67.8 Å². The maximum Gasteiger partial charge on any atom is 0.673 e. The number of nitrogens with one attached hydrogen (secondary N) is 1. The van der Waals surface area contributed by atoms with Crippen molar-refractivity contribution in [2.24, 2.45) is 5.10 Å². The molecule has 0 saturated heterocycles. The predicted octanol–water partition coefficient (Wildman–Crippen LogP) is 5.93. The van der Waals surface area contributed by atoms with Gasteiger partial charge in [-0.3, -0.25) is 4.79 Å². The van der Waals surface area contributed by atoms with Crippen LogP contribution in [-0.2, 0) is 6.54 Å². The average molecular weight is 457 g/mol. The van der Waals surface area contributed by atoms with Crippen LogP contribution in [0.4, 0.5) is 21.7 Å². The van der Waals surface area contributed by atoms with Crippen LogP contribution in [0.2, 0.25) is 0 Å². The van der Waals surface area contributed by atoms with E-state index in [2.05, 4.69) is 22.0 Å². The number of amides is 1. The Balaban J connectivity index is 0.000000920. The fourth-order valence-corrected chi connectivity index (χ4v) is 2.79. The first kappa shape index (κ1) is 27.3. The van der Waals surface area contributed by atoms with Gasteiger partial charge >= 0.3 is 7.25 Å². The molecule has 0 unspecified atom stereocenters.